The van der Waals surface area contributed by atoms with E-state index in [2.05, 4.69) is 15.5 Å². The highest BCUT2D eigenvalue weighted by Gasteiger charge is 2.26. The highest BCUT2D eigenvalue weighted by atomic mass is 35.5. The summed E-state index contributed by atoms with van der Waals surface area (Å²) in [4.78, 5) is 25.2. The molecule has 2 rings (SSSR count). The second-order valence-corrected chi connectivity index (χ2v) is 7.24. The van der Waals surface area contributed by atoms with Gasteiger partial charge >= 0.3 is 0 Å². The highest BCUT2D eigenvalue weighted by Crippen LogP contribution is 2.41. The lowest BCUT2D eigenvalue weighted by Gasteiger charge is -2.18. The molecule has 0 spiro atoms. The van der Waals surface area contributed by atoms with Gasteiger partial charge in [0.2, 0.25) is 6.04 Å². The van der Waals surface area contributed by atoms with Gasteiger partial charge in [0, 0.05) is 6.07 Å². The van der Waals surface area contributed by atoms with Gasteiger partial charge < -0.3 is 24.3 Å². The van der Waals surface area contributed by atoms with Crippen LogP contribution in [0.5, 0.6) is 23.0 Å². The van der Waals surface area contributed by atoms with Crippen molar-refractivity contribution >= 4 is 34.7 Å². The minimum atomic E-state index is -1.40. The molecule has 1 unspecified atom stereocenters. The minimum absolute atomic E-state index is 0.195. The van der Waals surface area contributed by atoms with Crippen molar-refractivity contribution in [1.29, 1.82) is 0 Å². The number of carbonyl (C=O) groups is 2. The van der Waals surface area contributed by atoms with E-state index in [4.69, 9.17) is 30.5 Å². The highest BCUT2D eigenvalue weighted by molar-refractivity contribution is 6.34. The lowest BCUT2D eigenvalue weighted by Crippen LogP contribution is -2.32. The van der Waals surface area contributed by atoms with Gasteiger partial charge in [0.1, 0.15) is 5.69 Å². The van der Waals surface area contributed by atoms with Gasteiger partial charge in [-0.3, -0.25) is 9.59 Å². The minimum Gasteiger partial charge on any atom is -0.490 e. The number of ketones is 1. The van der Waals surface area contributed by atoms with Gasteiger partial charge in [0.15, 0.2) is 28.8 Å². The molecule has 2 aromatic carbocycles. The van der Waals surface area contributed by atoms with Gasteiger partial charge in [0.25, 0.3) is 5.91 Å². The average Bonchev–Trinajstić information content (AvgIpc) is 2.80. The molecule has 0 saturated carbocycles. The van der Waals surface area contributed by atoms with Crippen molar-refractivity contribution in [3.63, 3.8) is 0 Å². The number of carbonyl (C=O) groups excluding carboxylic acids is 2. The van der Waals surface area contributed by atoms with Crippen LogP contribution in [0.3, 0.4) is 0 Å². The molecule has 0 aliphatic carbocycles. The molecule has 0 aromatic heterocycles. The van der Waals surface area contributed by atoms with Crippen molar-refractivity contribution in [1.82, 2.24) is 0 Å². The normalized spacial score (nSPS) is 11.7. The van der Waals surface area contributed by atoms with E-state index in [1.54, 1.807) is 37.3 Å². The zero-order chi connectivity index (χ0) is 25.1. The number of benzene rings is 2. The summed E-state index contributed by atoms with van der Waals surface area (Å²) < 4.78 is 22.3. The first kappa shape index (κ1) is 26.9. The number of halogens is 1. The molecule has 2 aromatic rings. The first-order valence-corrected chi connectivity index (χ1v) is 11.4. The number of rotatable bonds is 13. The lowest BCUT2D eigenvalue weighted by molar-refractivity contribution is -0.126. The van der Waals surface area contributed by atoms with Crippen LogP contribution in [0.15, 0.2) is 40.6 Å². The Morgan fingerprint density at radius 2 is 1.47 bits per heavy atom. The van der Waals surface area contributed by atoms with Crippen molar-refractivity contribution in [2.24, 2.45) is 10.2 Å². The summed E-state index contributed by atoms with van der Waals surface area (Å²) in [5, 5.41) is 10.9. The van der Waals surface area contributed by atoms with Gasteiger partial charge in [-0.25, -0.2) is 0 Å². The third kappa shape index (κ3) is 7.08. The number of hydrogen-bond donors (Lipinski definition) is 1. The van der Waals surface area contributed by atoms with Crippen molar-refractivity contribution in [3.05, 3.63) is 35.4 Å². The van der Waals surface area contributed by atoms with E-state index < -0.39 is 17.7 Å². The average molecular weight is 492 g/mol. The Morgan fingerprint density at radius 1 is 0.882 bits per heavy atom. The standard InChI is InChI=1S/C24H30ClN3O6/c1-6-31-18-12-10-16(14-20(18)33-8-3)27-28-21(15(5)29)24(30)26-22-17(25)11-13-19(32-7-2)23(22)34-9-4/h10-14,21H,6-9H2,1-5H3,(H,26,30). The first-order valence-electron chi connectivity index (χ1n) is 11.1. The summed E-state index contributed by atoms with van der Waals surface area (Å²) in [7, 11) is 0. The van der Waals surface area contributed by atoms with E-state index in [1.807, 2.05) is 20.8 Å². The van der Waals surface area contributed by atoms with Crippen molar-refractivity contribution in [3.8, 4) is 23.0 Å². The summed E-state index contributed by atoms with van der Waals surface area (Å²) in [6, 6.07) is 6.80. The van der Waals surface area contributed by atoms with Crippen LogP contribution in [0.25, 0.3) is 0 Å². The molecule has 10 heteroatoms. The van der Waals surface area contributed by atoms with Crippen LogP contribution in [0, 0.1) is 0 Å². The molecule has 0 bridgehead atoms. The van der Waals surface area contributed by atoms with Crippen LogP contribution in [0.1, 0.15) is 34.6 Å². The fraction of sp³-hybridized carbons (Fsp3) is 0.417. The van der Waals surface area contributed by atoms with Crippen LogP contribution in [-0.4, -0.2) is 44.2 Å². The second kappa shape index (κ2) is 13.4. The summed E-state index contributed by atoms with van der Waals surface area (Å²) in [5.74, 6) is 0.554. The maximum Gasteiger partial charge on any atom is 0.258 e. The third-order valence-electron chi connectivity index (χ3n) is 4.36. The number of Topliss-reactive ketones (excluding diaryl/α,β-unsaturated/α-hetero) is 1. The van der Waals surface area contributed by atoms with Gasteiger partial charge in [0.05, 0.1) is 37.1 Å². The van der Waals surface area contributed by atoms with Crippen LogP contribution < -0.4 is 24.3 Å². The fourth-order valence-electron chi connectivity index (χ4n) is 2.95. The van der Waals surface area contributed by atoms with Crippen LogP contribution in [-0.2, 0) is 9.59 Å². The van der Waals surface area contributed by atoms with Crippen molar-refractivity contribution in [2.75, 3.05) is 31.7 Å². The lowest BCUT2D eigenvalue weighted by atomic mass is 10.2. The van der Waals surface area contributed by atoms with E-state index in [9.17, 15) is 9.59 Å². The number of azo groups is 1. The zero-order valence-corrected chi connectivity index (χ0v) is 20.8. The third-order valence-corrected chi connectivity index (χ3v) is 4.67. The van der Waals surface area contributed by atoms with E-state index in [1.165, 1.54) is 6.92 Å². The molecule has 0 aliphatic heterocycles. The molecule has 34 heavy (non-hydrogen) atoms. The Kier molecular flexibility index (Phi) is 10.6. The molecule has 0 fully saturated rings. The number of nitrogens with one attached hydrogen (secondary N) is 1. The largest absolute Gasteiger partial charge is 0.490 e. The summed E-state index contributed by atoms with van der Waals surface area (Å²) in [6.07, 6.45) is 0. The van der Waals surface area contributed by atoms with Crippen LogP contribution in [0.2, 0.25) is 5.02 Å². The predicted molar refractivity (Wildman–Crippen MR) is 130 cm³/mol. The molecule has 1 N–H and O–H groups in total. The van der Waals surface area contributed by atoms with Gasteiger partial charge in [-0.2, -0.15) is 10.2 Å². The Labute approximate surface area is 204 Å². The SMILES string of the molecule is CCOc1ccc(N=NC(C(C)=O)C(=O)Nc2c(Cl)ccc(OCC)c2OCC)cc1OCC. The van der Waals surface area contributed by atoms with Gasteiger partial charge in [-0.15, -0.1) is 0 Å². The molecule has 9 nitrogen and oxygen atoms in total. The maximum absolute atomic E-state index is 13.0. The summed E-state index contributed by atoms with van der Waals surface area (Å²) >= 11 is 6.31. The first-order chi connectivity index (χ1) is 16.4. The second-order valence-electron chi connectivity index (χ2n) is 6.83. The molecule has 1 amide bonds. The Bertz CT molecular complexity index is 1030. The van der Waals surface area contributed by atoms with Gasteiger partial charge in [-0.05, 0) is 58.9 Å². The Morgan fingerprint density at radius 3 is 2.09 bits per heavy atom. The predicted octanol–water partition coefficient (Wildman–Crippen LogP) is 5.61. The number of hydrogen-bond acceptors (Lipinski definition) is 8. The van der Waals surface area contributed by atoms with Crippen LogP contribution in [0.4, 0.5) is 11.4 Å². The molecular weight excluding hydrogens is 462 g/mol. The van der Waals surface area contributed by atoms with E-state index in [0.29, 0.717) is 49.4 Å². The topological polar surface area (TPSA) is 108 Å². The van der Waals surface area contributed by atoms with Gasteiger partial charge in [-0.1, -0.05) is 11.6 Å². The molecule has 0 radical (unpaired) electrons. The molecule has 184 valence electrons. The molecular formula is C24H30ClN3O6. The Hall–Kier alpha value is -3.33. The van der Waals surface area contributed by atoms with E-state index in [-0.39, 0.29) is 16.5 Å². The summed E-state index contributed by atoms with van der Waals surface area (Å²) in [6.45, 7) is 10.2. The number of ether oxygens (including phenoxy) is 4. The number of amides is 1. The quantitative estimate of drug-likeness (QED) is 0.288. The number of anilines is 1. The van der Waals surface area contributed by atoms with E-state index >= 15 is 0 Å². The zero-order valence-electron chi connectivity index (χ0n) is 20.0. The molecule has 1 atom stereocenters. The fourth-order valence-corrected chi connectivity index (χ4v) is 3.15. The van der Waals surface area contributed by atoms with Crippen molar-refractivity contribution < 1.29 is 28.5 Å². The maximum atomic E-state index is 13.0. The van der Waals surface area contributed by atoms with Crippen LogP contribution >= 0.6 is 11.6 Å². The Balaban J connectivity index is 2.32. The molecule has 0 heterocycles. The molecule has 0 saturated heterocycles. The monoisotopic (exact) mass is 491 g/mol. The van der Waals surface area contributed by atoms with Crippen molar-refractivity contribution in [2.45, 2.75) is 40.7 Å². The number of nitrogens with zero attached hydrogens (tertiary/aromatic N) is 2. The smallest absolute Gasteiger partial charge is 0.258 e. The summed E-state index contributed by atoms with van der Waals surface area (Å²) in [5.41, 5.74) is 0.595. The molecule has 0 aliphatic rings. The van der Waals surface area contributed by atoms with E-state index in [0.717, 1.165) is 0 Å².